The Labute approximate surface area is 109 Å². The Hall–Kier alpha value is -1.32. The monoisotopic (exact) mass is 249 g/mol. The van der Waals surface area contributed by atoms with E-state index in [1.807, 2.05) is 12.1 Å². The summed E-state index contributed by atoms with van der Waals surface area (Å²) in [6.45, 7) is 4.79. The molecule has 1 rings (SSSR count). The van der Waals surface area contributed by atoms with E-state index in [0.717, 1.165) is 32.5 Å². The number of hydrogen-bond acceptors (Lipinski definition) is 3. The number of phenols is 1. The molecule has 1 aromatic rings. The van der Waals surface area contributed by atoms with Crippen LogP contribution in [0.1, 0.15) is 18.9 Å². The van der Waals surface area contributed by atoms with Gasteiger partial charge in [-0.05, 0) is 44.0 Å². The van der Waals surface area contributed by atoms with Gasteiger partial charge in [-0.15, -0.1) is 0 Å². The first kappa shape index (κ1) is 14.7. The molecule has 0 bridgehead atoms. The number of allylic oxidation sites excluding steroid dienone is 1. The molecule has 0 aliphatic carbocycles. The summed E-state index contributed by atoms with van der Waals surface area (Å²) in [4.78, 5) is 0. The van der Waals surface area contributed by atoms with E-state index >= 15 is 0 Å². The van der Waals surface area contributed by atoms with Crippen LogP contribution in [-0.2, 0) is 11.2 Å². The third-order valence-corrected chi connectivity index (χ3v) is 2.72. The Balaban J connectivity index is 2.23. The van der Waals surface area contributed by atoms with Gasteiger partial charge in [-0.3, -0.25) is 0 Å². The predicted octanol–water partition coefficient (Wildman–Crippen LogP) is 2.51. The average Bonchev–Trinajstić information content (AvgIpc) is 2.36. The summed E-state index contributed by atoms with van der Waals surface area (Å²) in [5.74, 6) is 0.322. The van der Waals surface area contributed by atoms with E-state index in [-0.39, 0.29) is 0 Å². The van der Waals surface area contributed by atoms with E-state index in [1.54, 1.807) is 19.2 Å². The quantitative estimate of drug-likeness (QED) is 0.549. The maximum absolute atomic E-state index is 9.20. The highest BCUT2D eigenvalue weighted by molar-refractivity contribution is 5.28. The zero-order chi connectivity index (χ0) is 13.2. The molecule has 0 radical (unpaired) electrons. The van der Waals surface area contributed by atoms with Gasteiger partial charge in [0.25, 0.3) is 0 Å². The summed E-state index contributed by atoms with van der Waals surface area (Å²) < 4.78 is 4.96. The van der Waals surface area contributed by atoms with Crippen LogP contribution in [0.15, 0.2) is 35.9 Å². The van der Waals surface area contributed by atoms with Crippen LogP contribution in [-0.4, -0.2) is 31.9 Å². The Bertz CT molecular complexity index is 357. The SMILES string of the molecule is COCCNCCC=C(C)Cc1ccc(O)cc1. The molecular formula is C15H23NO2. The molecule has 0 spiro atoms. The Morgan fingerprint density at radius 1 is 1.28 bits per heavy atom. The van der Waals surface area contributed by atoms with Crippen molar-refractivity contribution in [1.82, 2.24) is 5.32 Å². The van der Waals surface area contributed by atoms with Crippen molar-refractivity contribution in [3.05, 3.63) is 41.5 Å². The van der Waals surface area contributed by atoms with Crippen molar-refractivity contribution in [1.29, 1.82) is 0 Å². The minimum Gasteiger partial charge on any atom is -0.508 e. The highest BCUT2D eigenvalue weighted by atomic mass is 16.5. The summed E-state index contributed by atoms with van der Waals surface area (Å²) in [6, 6.07) is 7.39. The number of benzene rings is 1. The fourth-order valence-corrected chi connectivity index (χ4v) is 1.73. The Morgan fingerprint density at radius 2 is 2.00 bits per heavy atom. The molecule has 3 nitrogen and oxygen atoms in total. The van der Waals surface area contributed by atoms with Crippen LogP contribution in [0.3, 0.4) is 0 Å². The summed E-state index contributed by atoms with van der Waals surface area (Å²) in [7, 11) is 1.71. The molecule has 0 aliphatic rings. The Kier molecular flexibility index (Phi) is 7.14. The van der Waals surface area contributed by atoms with Gasteiger partial charge in [0.15, 0.2) is 0 Å². The van der Waals surface area contributed by atoms with Crippen LogP contribution in [0.5, 0.6) is 5.75 Å². The van der Waals surface area contributed by atoms with E-state index in [4.69, 9.17) is 4.74 Å². The first-order valence-corrected chi connectivity index (χ1v) is 6.35. The molecule has 0 saturated carbocycles. The maximum Gasteiger partial charge on any atom is 0.115 e. The smallest absolute Gasteiger partial charge is 0.115 e. The molecule has 2 N–H and O–H groups in total. The molecule has 0 aliphatic heterocycles. The molecule has 0 atom stereocenters. The third kappa shape index (κ3) is 6.42. The predicted molar refractivity (Wildman–Crippen MR) is 74.9 cm³/mol. The molecule has 0 saturated heterocycles. The second-order valence-electron chi connectivity index (χ2n) is 4.43. The molecule has 0 amide bonds. The maximum atomic E-state index is 9.20. The van der Waals surface area contributed by atoms with E-state index in [1.165, 1.54) is 11.1 Å². The zero-order valence-corrected chi connectivity index (χ0v) is 11.3. The summed E-state index contributed by atoms with van der Waals surface area (Å²) in [5, 5.41) is 12.5. The van der Waals surface area contributed by atoms with Gasteiger partial charge in [0.05, 0.1) is 6.61 Å². The first-order chi connectivity index (χ1) is 8.72. The largest absolute Gasteiger partial charge is 0.508 e. The topological polar surface area (TPSA) is 41.5 Å². The lowest BCUT2D eigenvalue weighted by molar-refractivity contribution is 0.199. The number of rotatable bonds is 8. The van der Waals surface area contributed by atoms with Crippen LogP contribution >= 0.6 is 0 Å². The summed E-state index contributed by atoms with van der Waals surface area (Å²) >= 11 is 0. The van der Waals surface area contributed by atoms with Gasteiger partial charge in [0.2, 0.25) is 0 Å². The van der Waals surface area contributed by atoms with Crippen molar-refractivity contribution in [2.24, 2.45) is 0 Å². The number of hydrogen-bond donors (Lipinski definition) is 2. The molecule has 18 heavy (non-hydrogen) atoms. The van der Waals surface area contributed by atoms with Crippen LogP contribution in [0.25, 0.3) is 0 Å². The molecule has 0 unspecified atom stereocenters. The highest BCUT2D eigenvalue weighted by Gasteiger charge is 1.95. The Morgan fingerprint density at radius 3 is 2.67 bits per heavy atom. The lowest BCUT2D eigenvalue weighted by atomic mass is 10.1. The third-order valence-electron chi connectivity index (χ3n) is 2.72. The molecule has 0 aromatic heterocycles. The molecule has 1 aromatic carbocycles. The second-order valence-corrected chi connectivity index (χ2v) is 4.43. The van der Waals surface area contributed by atoms with E-state index < -0.39 is 0 Å². The van der Waals surface area contributed by atoms with Gasteiger partial charge in [-0.25, -0.2) is 0 Å². The normalized spacial score (nSPS) is 11.8. The van der Waals surface area contributed by atoms with Crippen molar-refractivity contribution in [3.8, 4) is 5.75 Å². The minimum atomic E-state index is 0.322. The van der Waals surface area contributed by atoms with Gasteiger partial charge >= 0.3 is 0 Å². The van der Waals surface area contributed by atoms with Gasteiger partial charge in [-0.1, -0.05) is 23.8 Å². The average molecular weight is 249 g/mol. The van der Waals surface area contributed by atoms with Crippen molar-refractivity contribution in [3.63, 3.8) is 0 Å². The fourth-order valence-electron chi connectivity index (χ4n) is 1.73. The fraction of sp³-hybridized carbons (Fsp3) is 0.467. The van der Waals surface area contributed by atoms with Crippen molar-refractivity contribution >= 4 is 0 Å². The lowest BCUT2D eigenvalue weighted by Crippen LogP contribution is -2.19. The minimum absolute atomic E-state index is 0.322. The van der Waals surface area contributed by atoms with Gasteiger partial charge in [0.1, 0.15) is 5.75 Å². The molecule has 0 fully saturated rings. The standard InChI is InChI=1S/C15H23NO2/c1-13(4-3-9-16-10-11-18-2)12-14-5-7-15(17)8-6-14/h4-8,16-17H,3,9-12H2,1-2H3. The zero-order valence-electron chi connectivity index (χ0n) is 11.3. The second kappa shape index (κ2) is 8.72. The molecular weight excluding hydrogens is 226 g/mol. The summed E-state index contributed by atoms with van der Waals surface area (Å²) in [5.41, 5.74) is 2.59. The van der Waals surface area contributed by atoms with E-state index in [2.05, 4.69) is 18.3 Å². The number of nitrogens with one attached hydrogen (secondary N) is 1. The summed E-state index contributed by atoms with van der Waals surface area (Å²) in [6.07, 6.45) is 4.23. The van der Waals surface area contributed by atoms with Crippen molar-refractivity contribution in [2.75, 3.05) is 26.8 Å². The number of aromatic hydroxyl groups is 1. The first-order valence-electron chi connectivity index (χ1n) is 6.35. The van der Waals surface area contributed by atoms with E-state index in [9.17, 15) is 5.11 Å². The van der Waals surface area contributed by atoms with Gasteiger partial charge in [0, 0.05) is 13.7 Å². The molecule has 3 heteroatoms. The number of ether oxygens (including phenoxy) is 1. The van der Waals surface area contributed by atoms with Crippen molar-refractivity contribution < 1.29 is 9.84 Å². The van der Waals surface area contributed by atoms with Crippen molar-refractivity contribution in [2.45, 2.75) is 19.8 Å². The van der Waals surface area contributed by atoms with Crippen LogP contribution in [0.2, 0.25) is 0 Å². The van der Waals surface area contributed by atoms with Gasteiger partial charge < -0.3 is 15.2 Å². The lowest BCUT2D eigenvalue weighted by Gasteiger charge is -2.04. The van der Waals surface area contributed by atoms with Crippen LogP contribution < -0.4 is 5.32 Å². The van der Waals surface area contributed by atoms with Crippen LogP contribution in [0.4, 0.5) is 0 Å². The molecule has 100 valence electrons. The van der Waals surface area contributed by atoms with Gasteiger partial charge in [-0.2, -0.15) is 0 Å². The molecule has 0 heterocycles. The van der Waals surface area contributed by atoms with Crippen LogP contribution in [0, 0.1) is 0 Å². The highest BCUT2D eigenvalue weighted by Crippen LogP contribution is 2.13. The van der Waals surface area contributed by atoms with E-state index in [0.29, 0.717) is 5.75 Å². The number of methoxy groups -OCH3 is 1. The number of phenolic OH excluding ortho intramolecular Hbond substituents is 1.